The first-order valence-electron chi connectivity index (χ1n) is 9.17. The molecule has 0 radical (unpaired) electrons. The fourth-order valence-electron chi connectivity index (χ4n) is 4.07. The highest BCUT2D eigenvalue weighted by atomic mass is 16.7. The molecule has 0 atom stereocenters. The number of likely N-dealkylation sites (tertiary alicyclic amines) is 1. The van der Waals surface area contributed by atoms with Crippen molar-refractivity contribution in [2.24, 2.45) is 0 Å². The van der Waals surface area contributed by atoms with Gasteiger partial charge >= 0.3 is 0 Å². The van der Waals surface area contributed by atoms with E-state index in [0.29, 0.717) is 19.8 Å². The van der Waals surface area contributed by atoms with E-state index in [4.69, 9.17) is 14.2 Å². The number of aryl methyl sites for hydroxylation is 1. The number of nitrogens with zero attached hydrogens (tertiary/aromatic N) is 2. The summed E-state index contributed by atoms with van der Waals surface area (Å²) in [6.45, 7) is 4.31. The lowest BCUT2D eigenvalue weighted by Gasteiger charge is -2.38. The van der Waals surface area contributed by atoms with Crippen LogP contribution >= 0.6 is 0 Å². The van der Waals surface area contributed by atoms with Gasteiger partial charge in [-0.15, -0.1) is 0 Å². The highest BCUT2D eigenvalue weighted by Crippen LogP contribution is 2.33. The molecule has 4 rings (SSSR count). The Morgan fingerprint density at radius 3 is 2.68 bits per heavy atom. The monoisotopic (exact) mass is 346 g/mol. The molecule has 1 aromatic carbocycles. The van der Waals surface area contributed by atoms with Crippen LogP contribution in [0.15, 0.2) is 18.2 Å². The van der Waals surface area contributed by atoms with E-state index in [9.17, 15) is 4.79 Å². The van der Waals surface area contributed by atoms with Crippen molar-refractivity contribution in [2.75, 3.05) is 51.4 Å². The van der Waals surface area contributed by atoms with Crippen molar-refractivity contribution in [3.05, 3.63) is 23.8 Å². The van der Waals surface area contributed by atoms with Crippen LogP contribution in [0.2, 0.25) is 0 Å². The number of fused-ring (bicyclic) bond motifs is 1. The third-order valence-electron chi connectivity index (χ3n) is 5.50. The number of hydrogen-bond acceptors (Lipinski definition) is 5. The highest BCUT2D eigenvalue weighted by molar-refractivity contribution is 5.96. The van der Waals surface area contributed by atoms with Gasteiger partial charge in [0.05, 0.1) is 26.9 Å². The van der Waals surface area contributed by atoms with Crippen LogP contribution in [-0.2, 0) is 20.7 Å². The summed E-state index contributed by atoms with van der Waals surface area (Å²) in [6, 6.07) is 5.99. The van der Waals surface area contributed by atoms with E-state index in [1.807, 2.05) is 23.1 Å². The van der Waals surface area contributed by atoms with Crippen molar-refractivity contribution >= 4 is 11.6 Å². The van der Waals surface area contributed by atoms with Crippen LogP contribution in [-0.4, -0.2) is 63.1 Å². The van der Waals surface area contributed by atoms with E-state index >= 15 is 0 Å². The van der Waals surface area contributed by atoms with E-state index in [2.05, 4.69) is 4.90 Å². The van der Waals surface area contributed by atoms with Crippen LogP contribution in [0, 0.1) is 0 Å². The second-order valence-corrected chi connectivity index (χ2v) is 7.03. The number of hydrogen-bond donors (Lipinski definition) is 0. The molecule has 2 fully saturated rings. The molecule has 0 N–H and O–H groups in total. The van der Waals surface area contributed by atoms with Gasteiger partial charge in [-0.2, -0.15) is 0 Å². The molecule has 25 heavy (non-hydrogen) atoms. The zero-order valence-corrected chi connectivity index (χ0v) is 14.8. The molecule has 0 bridgehead atoms. The molecule has 2 saturated heterocycles. The second kappa shape index (κ2) is 6.94. The predicted octanol–water partition coefficient (Wildman–Crippen LogP) is 1.81. The number of methoxy groups -OCH3 is 1. The summed E-state index contributed by atoms with van der Waals surface area (Å²) in [5.41, 5.74) is 2.23. The molecule has 6 nitrogen and oxygen atoms in total. The summed E-state index contributed by atoms with van der Waals surface area (Å²) in [7, 11) is 1.67. The van der Waals surface area contributed by atoms with Crippen LogP contribution in [0.3, 0.4) is 0 Å². The van der Waals surface area contributed by atoms with E-state index in [-0.39, 0.29) is 11.7 Å². The summed E-state index contributed by atoms with van der Waals surface area (Å²) >= 11 is 0. The first kappa shape index (κ1) is 16.8. The Morgan fingerprint density at radius 2 is 1.96 bits per heavy atom. The minimum Gasteiger partial charge on any atom is -0.497 e. The van der Waals surface area contributed by atoms with Gasteiger partial charge in [-0.3, -0.25) is 9.69 Å². The molecule has 3 aliphatic rings. The smallest absolute Gasteiger partial charge is 0.241 e. The minimum absolute atomic E-state index is 0.176. The lowest BCUT2D eigenvalue weighted by molar-refractivity contribution is -0.185. The van der Waals surface area contributed by atoms with Crippen LogP contribution < -0.4 is 9.64 Å². The van der Waals surface area contributed by atoms with Crippen LogP contribution in [0.5, 0.6) is 5.75 Å². The molecule has 136 valence electrons. The van der Waals surface area contributed by atoms with Gasteiger partial charge in [0.15, 0.2) is 5.79 Å². The molecule has 0 saturated carbocycles. The highest BCUT2D eigenvalue weighted by Gasteiger charge is 2.40. The molecule has 0 aromatic heterocycles. The summed E-state index contributed by atoms with van der Waals surface area (Å²) in [4.78, 5) is 17.0. The molecule has 3 aliphatic heterocycles. The van der Waals surface area contributed by atoms with Crippen molar-refractivity contribution < 1.29 is 19.0 Å². The van der Waals surface area contributed by atoms with E-state index in [1.165, 1.54) is 5.56 Å². The van der Waals surface area contributed by atoms with Gasteiger partial charge in [-0.1, -0.05) is 0 Å². The predicted molar refractivity (Wildman–Crippen MR) is 94.0 cm³/mol. The first-order valence-corrected chi connectivity index (χ1v) is 9.17. The lowest BCUT2D eigenvalue weighted by atomic mass is 10.0. The van der Waals surface area contributed by atoms with Gasteiger partial charge in [0.2, 0.25) is 5.91 Å². The Balaban J connectivity index is 1.39. The summed E-state index contributed by atoms with van der Waals surface area (Å²) in [5.74, 6) is 0.648. The number of carbonyl (C=O) groups excluding carboxylic acids is 1. The van der Waals surface area contributed by atoms with Crippen LogP contribution in [0.4, 0.5) is 5.69 Å². The topological polar surface area (TPSA) is 51.2 Å². The Kier molecular flexibility index (Phi) is 4.67. The zero-order valence-electron chi connectivity index (χ0n) is 14.8. The summed E-state index contributed by atoms with van der Waals surface area (Å²) in [6.07, 6.45) is 3.68. The maximum Gasteiger partial charge on any atom is 0.241 e. The normalized spacial score (nSPS) is 22.8. The largest absolute Gasteiger partial charge is 0.497 e. The van der Waals surface area contributed by atoms with Crippen molar-refractivity contribution in [3.63, 3.8) is 0 Å². The fourth-order valence-corrected chi connectivity index (χ4v) is 4.07. The lowest BCUT2D eigenvalue weighted by Crippen LogP contribution is -2.49. The van der Waals surface area contributed by atoms with E-state index in [0.717, 1.165) is 56.8 Å². The average Bonchev–Trinajstić information content (AvgIpc) is 3.11. The van der Waals surface area contributed by atoms with Gasteiger partial charge in [-0.05, 0) is 36.6 Å². The number of amides is 1. The second-order valence-electron chi connectivity index (χ2n) is 7.03. The Morgan fingerprint density at radius 1 is 1.20 bits per heavy atom. The third-order valence-corrected chi connectivity index (χ3v) is 5.50. The molecule has 1 aromatic rings. The number of benzene rings is 1. The van der Waals surface area contributed by atoms with Crippen molar-refractivity contribution in [1.82, 2.24) is 4.90 Å². The fraction of sp³-hybridized carbons (Fsp3) is 0.632. The van der Waals surface area contributed by atoms with E-state index < -0.39 is 0 Å². The quantitative estimate of drug-likeness (QED) is 0.836. The SMILES string of the molecule is COc1ccc2c(c1)CCCN2C(=O)CN1CCC2(CC1)OCCO2. The molecule has 1 spiro atoms. The summed E-state index contributed by atoms with van der Waals surface area (Å²) in [5, 5.41) is 0. The first-order chi connectivity index (χ1) is 12.2. The Hall–Kier alpha value is -1.63. The number of rotatable bonds is 3. The average molecular weight is 346 g/mol. The zero-order chi connectivity index (χ0) is 17.3. The number of ether oxygens (including phenoxy) is 3. The maximum atomic E-state index is 12.9. The molecule has 1 amide bonds. The van der Waals surface area contributed by atoms with Gasteiger partial charge in [0, 0.05) is 38.2 Å². The van der Waals surface area contributed by atoms with E-state index in [1.54, 1.807) is 7.11 Å². The van der Waals surface area contributed by atoms with Crippen LogP contribution in [0.1, 0.15) is 24.8 Å². The number of anilines is 1. The molecule has 6 heteroatoms. The van der Waals surface area contributed by atoms with Crippen molar-refractivity contribution in [1.29, 1.82) is 0 Å². The van der Waals surface area contributed by atoms with Crippen molar-refractivity contribution in [3.8, 4) is 5.75 Å². The molecule has 0 aliphatic carbocycles. The molecular weight excluding hydrogens is 320 g/mol. The standard InChI is InChI=1S/C19H26N2O4/c1-23-16-4-5-17-15(13-16)3-2-8-21(17)18(22)14-20-9-6-19(7-10-20)24-11-12-25-19/h4-5,13H,2-3,6-12,14H2,1H3. The van der Waals surface area contributed by atoms with Crippen LogP contribution in [0.25, 0.3) is 0 Å². The summed E-state index contributed by atoms with van der Waals surface area (Å²) < 4.78 is 16.8. The Bertz CT molecular complexity index is 632. The number of piperidine rings is 1. The Labute approximate surface area is 148 Å². The maximum absolute atomic E-state index is 12.9. The molecule has 0 unspecified atom stereocenters. The van der Waals surface area contributed by atoms with Gasteiger partial charge in [0.25, 0.3) is 0 Å². The molecule has 3 heterocycles. The van der Waals surface area contributed by atoms with Gasteiger partial charge in [0.1, 0.15) is 5.75 Å². The molecular formula is C19H26N2O4. The minimum atomic E-state index is -0.381. The van der Waals surface area contributed by atoms with Gasteiger partial charge < -0.3 is 19.1 Å². The van der Waals surface area contributed by atoms with Gasteiger partial charge in [-0.25, -0.2) is 0 Å². The number of carbonyl (C=O) groups is 1. The van der Waals surface area contributed by atoms with Crippen molar-refractivity contribution in [2.45, 2.75) is 31.5 Å². The third kappa shape index (κ3) is 3.38.